The fraction of sp³-hybridized carbons (Fsp3) is 0.450. The Hall–Kier alpha value is -3.03. The predicted octanol–water partition coefficient (Wildman–Crippen LogP) is 2.63. The van der Waals surface area contributed by atoms with E-state index in [-0.39, 0.29) is 12.1 Å². The smallest absolute Gasteiger partial charge is 0.321 e. The second-order valence-corrected chi connectivity index (χ2v) is 7.24. The molecule has 1 N–H and O–H groups in total. The Bertz CT molecular complexity index is 808. The Balaban J connectivity index is 1.31. The summed E-state index contributed by atoms with van der Waals surface area (Å²) >= 11 is 0. The maximum Gasteiger partial charge on any atom is 0.321 e. The average molecular weight is 382 g/mol. The van der Waals surface area contributed by atoms with E-state index < -0.39 is 0 Å². The molecular weight excluding hydrogens is 356 g/mol. The largest absolute Gasteiger partial charge is 0.325 e. The molecule has 0 bridgehead atoms. The van der Waals surface area contributed by atoms with Crippen molar-refractivity contribution in [3.8, 4) is 5.69 Å². The first-order valence-corrected chi connectivity index (χ1v) is 9.90. The molecule has 3 heterocycles. The first kappa shape index (κ1) is 18.3. The second-order valence-electron chi connectivity index (χ2n) is 7.24. The van der Waals surface area contributed by atoms with Crippen LogP contribution < -0.4 is 5.32 Å². The standard InChI is InChI=1S/C20H26N6O2/c27-19(22-17-6-4-7-18(16-17)26-11-5-8-21-26)23-12-14-25(15-13-23)20(28)24-9-2-1-3-10-24/h4-8,11,16H,1-3,9-10,12-15H2,(H,22,27). The lowest BCUT2D eigenvalue weighted by atomic mass is 10.1. The number of nitrogens with one attached hydrogen (secondary N) is 1. The third kappa shape index (κ3) is 4.11. The summed E-state index contributed by atoms with van der Waals surface area (Å²) in [6.07, 6.45) is 6.96. The van der Waals surface area contributed by atoms with Crippen LogP contribution in [-0.2, 0) is 0 Å². The lowest BCUT2D eigenvalue weighted by Crippen LogP contribution is -2.55. The molecule has 0 saturated carbocycles. The van der Waals surface area contributed by atoms with Gasteiger partial charge in [-0.1, -0.05) is 6.07 Å². The van der Waals surface area contributed by atoms with Crippen LogP contribution in [0.2, 0.25) is 0 Å². The summed E-state index contributed by atoms with van der Waals surface area (Å²) in [5, 5.41) is 7.17. The Morgan fingerprint density at radius 3 is 2.29 bits per heavy atom. The van der Waals surface area contributed by atoms with E-state index in [2.05, 4.69) is 10.4 Å². The molecule has 0 atom stereocenters. The number of hydrogen-bond acceptors (Lipinski definition) is 3. The number of anilines is 1. The third-order valence-electron chi connectivity index (χ3n) is 5.33. The van der Waals surface area contributed by atoms with Crippen molar-refractivity contribution in [2.75, 3.05) is 44.6 Å². The summed E-state index contributed by atoms with van der Waals surface area (Å²) < 4.78 is 1.75. The molecule has 148 valence electrons. The molecule has 1 aromatic carbocycles. The molecule has 0 radical (unpaired) electrons. The van der Waals surface area contributed by atoms with Crippen LogP contribution in [0.5, 0.6) is 0 Å². The predicted molar refractivity (Wildman–Crippen MR) is 107 cm³/mol. The molecule has 0 unspecified atom stereocenters. The van der Waals surface area contributed by atoms with Gasteiger partial charge in [0.05, 0.1) is 5.69 Å². The molecule has 2 aliphatic heterocycles. The fourth-order valence-electron chi connectivity index (χ4n) is 3.74. The van der Waals surface area contributed by atoms with Crippen LogP contribution >= 0.6 is 0 Å². The van der Waals surface area contributed by atoms with Crippen molar-refractivity contribution in [3.63, 3.8) is 0 Å². The van der Waals surface area contributed by atoms with Crippen LogP contribution in [0.4, 0.5) is 15.3 Å². The monoisotopic (exact) mass is 382 g/mol. The Labute approximate surface area is 164 Å². The van der Waals surface area contributed by atoms with Gasteiger partial charge in [0.25, 0.3) is 0 Å². The summed E-state index contributed by atoms with van der Waals surface area (Å²) in [6, 6.07) is 9.42. The lowest BCUT2D eigenvalue weighted by molar-refractivity contribution is 0.116. The van der Waals surface area contributed by atoms with E-state index in [0.717, 1.165) is 37.3 Å². The van der Waals surface area contributed by atoms with Gasteiger partial charge in [-0.3, -0.25) is 0 Å². The van der Waals surface area contributed by atoms with Crippen LogP contribution in [0.3, 0.4) is 0 Å². The molecule has 0 spiro atoms. The molecule has 28 heavy (non-hydrogen) atoms. The van der Waals surface area contributed by atoms with Gasteiger partial charge in [0, 0.05) is 57.3 Å². The topological polar surface area (TPSA) is 73.7 Å². The van der Waals surface area contributed by atoms with Gasteiger partial charge in [-0.05, 0) is 43.5 Å². The third-order valence-corrected chi connectivity index (χ3v) is 5.33. The molecule has 4 rings (SSSR count). The maximum atomic E-state index is 12.6. The van der Waals surface area contributed by atoms with Gasteiger partial charge in [-0.25, -0.2) is 14.3 Å². The minimum Gasteiger partial charge on any atom is -0.325 e. The molecule has 0 aliphatic carbocycles. The van der Waals surface area contributed by atoms with Crippen molar-refractivity contribution >= 4 is 17.7 Å². The van der Waals surface area contributed by atoms with E-state index in [1.54, 1.807) is 15.8 Å². The van der Waals surface area contributed by atoms with E-state index in [1.165, 1.54) is 6.42 Å². The van der Waals surface area contributed by atoms with E-state index in [1.807, 2.05) is 46.3 Å². The molecule has 1 aromatic heterocycles. The van der Waals surface area contributed by atoms with Crippen molar-refractivity contribution in [3.05, 3.63) is 42.7 Å². The Morgan fingerprint density at radius 1 is 0.857 bits per heavy atom. The average Bonchev–Trinajstić information content (AvgIpc) is 3.29. The summed E-state index contributed by atoms with van der Waals surface area (Å²) in [5.74, 6) is 0. The zero-order valence-electron chi connectivity index (χ0n) is 16.0. The van der Waals surface area contributed by atoms with Gasteiger partial charge in [0.1, 0.15) is 0 Å². The second kappa shape index (κ2) is 8.33. The number of piperidine rings is 1. The summed E-state index contributed by atoms with van der Waals surface area (Å²) in [5.41, 5.74) is 1.62. The van der Waals surface area contributed by atoms with Gasteiger partial charge < -0.3 is 20.0 Å². The van der Waals surface area contributed by atoms with Crippen LogP contribution in [0, 0.1) is 0 Å². The van der Waals surface area contributed by atoms with Crippen molar-refractivity contribution in [1.29, 1.82) is 0 Å². The lowest BCUT2D eigenvalue weighted by Gasteiger charge is -2.38. The zero-order chi connectivity index (χ0) is 19.3. The van der Waals surface area contributed by atoms with Gasteiger partial charge in [-0.15, -0.1) is 0 Å². The molecule has 2 aromatic rings. The number of amides is 4. The normalized spacial score (nSPS) is 17.5. The number of carbonyl (C=O) groups excluding carboxylic acids is 2. The highest BCUT2D eigenvalue weighted by Gasteiger charge is 2.27. The number of hydrogen-bond donors (Lipinski definition) is 1. The minimum atomic E-state index is -0.136. The number of urea groups is 2. The molecule has 8 heteroatoms. The van der Waals surface area contributed by atoms with Crippen molar-refractivity contribution in [2.24, 2.45) is 0 Å². The molecule has 4 amide bonds. The highest BCUT2D eigenvalue weighted by atomic mass is 16.2. The molecule has 2 aliphatic rings. The number of nitrogens with zero attached hydrogens (tertiary/aromatic N) is 5. The minimum absolute atomic E-state index is 0.117. The Morgan fingerprint density at radius 2 is 1.57 bits per heavy atom. The van der Waals surface area contributed by atoms with Gasteiger partial charge in [0.15, 0.2) is 0 Å². The number of aromatic nitrogens is 2. The van der Waals surface area contributed by atoms with Gasteiger partial charge >= 0.3 is 12.1 Å². The summed E-state index contributed by atoms with van der Waals surface area (Å²) in [4.78, 5) is 30.8. The van der Waals surface area contributed by atoms with Crippen LogP contribution in [0.25, 0.3) is 5.69 Å². The molecule has 2 fully saturated rings. The van der Waals surface area contributed by atoms with Crippen LogP contribution in [0.1, 0.15) is 19.3 Å². The molecule has 2 saturated heterocycles. The molecular formula is C20H26N6O2. The van der Waals surface area contributed by atoms with Gasteiger partial charge in [0.2, 0.25) is 0 Å². The van der Waals surface area contributed by atoms with Crippen molar-refractivity contribution < 1.29 is 9.59 Å². The highest BCUT2D eigenvalue weighted by Crippen LogP contribution is 2.16. The van der Waals surface area contributed by atoms with E-state index in [9.17, 15) is 9.59 Å². The number of benzene rings is 1. The fourth-order valence-corrected chi connectivity index (χ4v) is 3.74. The van der Waals surface area contributed by atoms with Crippen LogP contribution in [-0.4, -0.2) is 75.8 Å². The number of piperazine rings is 1. The van der Waals surface area contributed by atoms with Gasteiger partial charge in [-0.2, -0.15) is 5.10 Å². The summed E-state index contributed by atoms with van der Waals surface area (Å²) in [7, 11) is 0. The number of rotatable bonds is 2. The molecule has 8 nitrogen and oxygen atoms in total. The van der Waals surface area contributed by atoms with E-state index in [0.29, 0.717) is 26.2 Å². The van der Waals surface area contributed by atoms with Crippen molar-refractivity contribution in [2.45, 2.75) is 19.3 Å². The van der Waals surface area contributed by atoms with Crippen LogP contribution in [0.15, 0.2) is 42.7 Å². The highest BCUT2D eigenvalue weighted by molar-refractivity contribution is 5.89. The maximum absolute atomic E-state index is 12.6. The first-order chi connectivity index (χ1) is 13.7. The van der Waals surface area contributed by atoms with E-state index >= 15 is 0 Å². The SMILES string of the molecule is O=C(Nc1cccc(-n2cccn2)c1)N1CCN(C(=O)N2CCCCC2)CC1. The number of carbonyl (C=O) groups is 2. The quantitative estimate of drug-likeness (QED) is 0.868. The summed E-state index contributed by atoms with van der Waals surface area (Å²) in [6.45, 7) is 3.96. The van der Waals surface area contributed by atoms with Crippen molar-refractivity contribution in [1.82, 2.24) is 24.5 Å². The number of likely N-dealkylation sites (tertiary alicyclic amines) is 1. The zero-order valence-corrected chi connectivity index (χ0v) is 16.0. The van der Waals surface area contributed by atoms with E-state index in [4.69, 9.17) is 0 Å². The first-order valence-electron chi connectivity index (χ1n) is 9.90. The Kier molecular flexibility index (Phi) is 5.45.